The molecule has 0 saturated carbocycles. The first-order valence-corrected chi connectivity index (χ1v) is 10.4. The van der Waals surface area contributed by atoms with Crippen LogP contribution in [0.15, 0.2) is 78.9 Å². The Hall–Kier alpha value is -3.27. The van der Waals surface area contributed by atoms with Gasteiger partial charge in [-0.15, -0.1) is 0 Å². The first-order chi connectivity index (χ1) is 14.7. The van der Waals surface area contributed by atoms with Crippen molar-refractivity contribution in [1.82, 2.24) is 4.90 Å². The van der Waals surface area contributed by atoms with Crippen LogP contribution in [0.4, 0.5) is 0 Å². The lowest BCUT2D eigenvalue weighted by Crippen LogP contribution is -2.31. The molecule has 1 amide bonds. The number of rotatable bonds is 10. The summed E-state index contributed by atoms with van der Waals surface area (Å²) in [6, 6.07) is 25.3. The smallest absolute Gasteiger partial charge is 0.254 e. The highest BCUT2D eigenvalue weighted by Crippen LogP contribution is 2.29. The summed E-state index contributed by atoms with van der Waals surface area (Å²) in [4.78, 5) is 14.9. The van der Waals surface area contributed by atoms with E-state index < -0.39 is 0 Å². The van der Waals surface area contributed by atoms with Crippen molar-refractivity contribution < 1.29 is 14.3 Å². The zero-order valence-electron chi connectivity index (χ0n) is 17.7. The van der Waals surface area contributed by atoms with Crippen LogP contribution in [0.5, 0.6) is 11.5 Å². The van der Waals surface area contributed by atoms with Gasteiger partial charge in [-0.2, -0.15) is 0 Å². The highest BCUT2D eigenvalue weighted by molar-refractivity contribution is 5.94. The summed E-state index contributed by atoms with van der Waals surface area (Å²) in [6.45, 7) is 3.86. The van der Waals surface area contributed by atoms with Gasteiger partial charge >= 0.3 is 0 Å². The molecule has 156 valence electrons. The summed E-state index contributed by atoms with van der Waals surface area (Å²) in [5, 5.41) is 0. The fourth-order valence-electron chi connectivity index (χ4n) is 3.25. The third-order valence-electron chi connectivity index (χ3n) is 4.93. The number of amides is 1. The van der Waals surface area contributed by atoms with Gasteiger partial charge in [0.15, 0.2) is 11.5 Å². The maximum absolute atomic E-state index is 13.0. The van der Waals surface area contributed by atoms with Crippen molar-refractivity contribution in [2.45, 2.75) is 32.9 Å². The second kappa shape index (κ2) is 11.1. The summed E-state index contributed by atoms with van der Waals surface area (Å²) in [6.07, 6.45) is 2.00. The molecule has 4 heteroatoms. The van der Waals surface area contributed by atoms with E-state index in [0.29, 0.717) is 30.2 Å². The topological polar surface area (TPSA) is 38.8 Å². The average molecular weight is 404 g/mol. The van der Waals surface area contributed by atoms with Gasteiger partial charge in [-0.1, -0.05) is 67.9 Å². The minimum Gasteiger partial charge on any atom is -0.493 e. The Bertz CT molecular complexity index is 926. The van der Waals surface area contributed by atoms with Crippen LogP contribution in [0, 0.1) is 0 Å². The van der Waals surface area contributed by atoms with Crippen molar-refractivity contribution in [1.29, 1.82) is 0 Å². The van der Waals surface area contributed by atoms with E-state index >= 15 is 0 Å². The standard InChI is InChI=1S/C26H29NO3/c1-3-4-17-27(26(28)23-13-9-6-10-14-23)19-22-15-16-24(25(18-22)29-2)30-20-21-11-7-5-8-12-21/h5-16,18H,3-4,17,19-20H2,1-2H3. The molecule has 3 aromatic carbocycles. The lowest BCUT2D eigenvalue weighted by atomic mass is 10.1. The number of nitrogens with zero attached hydrogens (tertiary/aromatic N) is 1. The monoisotopic (exact) mass is 403 g/mol. The predicted octanol–water partition coefficient (Wildman–Crippen LogP) is 5.72. The third-order valence-corrected chi connectivity index (χ3v) is 4.93. The van der Waals surface area contributed by atoms with Gasteiger partial charge in [0.25, 0.3) is 5.91 Å². The molecule has 3 aromatic rings. The number of benzene rings is 3. The van der Waals surface area contributed by atoms with Crippen molar-refractivity contribution in [2.75, 3.05) is 13.7 Å². The van der Waals surface area contributed by atoms with E-state index in [9.17, 15) is 4.79 Å². The molecule has 0 atom stereocenters. The first-order valence-electron chi connectivity index (χ1n) is 10.4. The normalized spacial score (nSPS) is 10.5. The molecule has 0 aliphatic rings. The summed E-state index contributed by atoms with van der Waals surface area (Å²) < 4.78 is 11.5. The van der Waals surface area contributed by atoms with Crippen molar-refractivity contribution in [2.24, 2.45) is 0 Å². The molecule has 0 radical (unpaired) electrons. The van der Waals surface area contributed by atoms with Crippen LogP contribution < -0.4 is 9.47 Å². The maximum Gasteiger partial charge on any atom is 0.254 e. The van der Waals surface area contributed by atoms with Crippen molar-refractivity contribution in [3.63, 3.8) is 0 Å². The zero-order chi connectivity index (χ0) is 21.2. The van der Waals surface area contributed by atoms with Crippen LogP contribution in [0.1, 0.15) is 41.3 Å². The number of ether oxygens (including phenoxy) is 2. The fraction of sp³-hybridized carbons (Fsp3) is 0.269. The summed E-state index contributed by atoms with van der Waals surface area (Å²) in [5.74, 6) is 1.41. The molecule has 0 aliphatic heterocycles. The maximum atomic E-state index is 13.0. The number of hydrogen-bond acceptors (Lipinski definition) is 3. The number of methoxy groups -OCH3 is 1. The third kappa shape index (κ3) is 5.86. The number of hydrogen-bond donors (Lipinski definition) is 0. The van der Waals surface area contributed by atoms with E-state index in [1.807, 2.05) is 83.8 Å². The molecule has 0 bridgehead atoms. The van der Waals surface area contributed by atoms with Gasteiger partial charge < -0.3 is 14.4 Å². The molecule has 0 aromatic heterocycles. The van der Waals surface area contributed by atoms with Crippen LogP contribution >= 0.6 is 0 Å². The second-order valence-electron chi connectivity index (χ2n) is 7.21. The number of carbonyl (C=O) groups excluding carboxylic acids is 1. The lowest BCUT2D eigenvalue weighted by molar-refractivity contribution is 0.0740. The largest absolute Gasteiger partial charge is 0.493 e. The van der Waals surface area contributed by atoms with E-state index in [1.165, 1.54) is 0 Å². The van der Waals surface area contributed by atoms with Gasteiger partial charge in [0.2, 0.25) is 0 Å². The van der Waals surface area contributed by atoms with E-state index in [2.05, 4.69) is 6.92 Å². The van der Waals surface area contributed by atoms with Gasteiger partial charge in [-0.05, 0) is 41.8 Å². The summed E-state index contributed by atoms with van der Waals surface area (Å²) in [5.41, 5.74) is 2.82. The minimum atomic E-state index is 0.0485. The van der Waals surface area contributed by atoms with Gasteiger partial charge in [-0.25, -0.2) is 0 Å². The Morgan fingerprint density at radius 2 is 1.57 bits per heavy atom. The van der Waals surface area contributed by atoms with Crippen LogP contribution in [-0.2, 0) is 13.2 Å². The SMILES string of the molecule is CCCCN(Cc1ccc(OCc2ccccc2)c(OC)c1)C(=O)c1ccccc1. The van der Waals surface area contributed by atoms with Crippen LogP contribution in [-0.4, -0.2) is 24.5 Å². The van der Waals surface area contributed by atoms with Gasteiger partial charge in [-0.3, -0.25) is 4.79 Å². The highest BCUT2D eigenvalue weighted by Gasteiger charge is 2.16. The number of unbranched alkanes of at least 4 members (excludes halogenated alkanes) is 1. The van der Waals surface area contributed by atoms with Crippen LogP contribution in [0.2, 0.25) is 0 Å². The molecule has 0 heterocycles. The molecule has 4 nitrogen and oxygen atoms in total. The summed E-state index contributed by atoms with van der Waals surface area (Å²) in [7, 11) is 1.64. The van der Waals surface area contributed by atoms with Crippen LogP contribution in [0.25, 0.3) is 0 Å². The Balaban J connectivity index is 1.73. The molecular formula is C26H29NO3. The molecule has 30 heavy (non-hydrogen) atoms. The Kier molecular flexibility index (Phi) is 7.90. The Labute approximate surface area is 179 Å². The molecule has 0 fully saturated rings. The number of carbonyl (C=O) groups is 1. The van der Waals surface area contributed by atoms with Gasteiger partial charge in [0.1, 0.15) is 6.61 Å². The predicted molar refractivity (Wildman–Crippen MR) is 120 cm³/mol. The van der Waals surface area contributed by atoms with Crippen LogP contribution in [0.3, 0.4) is 0 Å². The molecular weight excluding hydrogens is 374 g/mol. The molecule has 0 N–H and O–H groups in total. The molecule has 0 spiro atoms. The first kappa shape index (κ1) is 21.4. The second-order valence-corrected chi connectivity index (χ2v) is 7.21. The lowest BCUT2D eigenvalue weighted by Gasteiger charge is -2.23. The van der Waals surface area contributed by atoms with Crippen molar-refractivity contribution in [3.05, 3.63) is 95.6 Å². The van der Waals surface area contributed by atoms with E-state index in [1.54, 1.807) is 7.11 Å². The van der Waals surface area contributed by atoms with Crippen molar-refractivity contribution >= 4 is 5.91 Å². The van der Waals surface area contributed by atoms with E-state index in [4.69, 9.17) is 9.47 Å². The zero-order valence-corrected chi connectivity index (χ0v) is 17.7. The quantitative estimate of drug-likeness (QED) is 0.435. The Morgan fingerprint density at radius 3 is 2.23 bits per heavy atom. The average Bonchev–Trinajstić information content (AvgIpc) is 2.81. The highest BCUT2D eigenvalue weighted by atomic mass is 16.5. The summed E-state index contributed by atoms with van der Waals surface area (Å²) >= 11 is 0. The minimum absolute atomic E-state index is 0.0485. The molecule has 0 saturated heterocycles. The molecule has 3 rings (SSSR count). The van der Waals surface area contributed by atoms with Gasteiger partial charge in [0.05, 0.1) is 7.11 Å². The van der Waals surface area contributed by atoms with E-state index in [-0.39, 0.29) is 5.91 Å². The van der Waals surface area contributed by atoms with Crippen molar-refractivity contribution in [3.8, 4) is 11.5 Å². The fourth-order valence-corrected chi connectivity index (χ4v) is 3.25. The van der Waals surface area contributed by atoms with Gasteiger partial charge in [0, 0.05) is 18.7 Å². The molecule has 0 unspecified atom stereocenters. The molecule has 0 aliphatic carbocycles. The Morgan fingerprint density at radius 1 is 0.867 bits per heavy atom. The van der Waals surface area contributed by atoms with E-state index in [0.717, 1.165) is 30.5 Å².